The first-order valence-electron chi connectivity index (χ1n) is 14.6. The van der Waals surface area contributed by atoms with Crippen LogP contribution >= 0.6 is 0 Å². The van der Waals surface area contributed by atoms with Gasteiger partial charge in [-0.3, -0.25) is 0 Å². The third kappa shape index (κ3) is 5.37. The molecule has 0 spiro atoms. The summed E-state index contributed by atoms with van der Waals surface area (Å²) in [5.41, 5.74) is 21.4. The maximum absolute atomic E-state index is 6.65. The Kier molecular flexibility index (Phi) is 7.13. The fourth-order valence-electron chi connectivity index (χ4n) is 5.94. The first-order valence-corrected chi connectivity index (χ1v) is 14.6. The zero-order chi connectivity index (χ0) is 29.0. The molecule has 7 rings (SSSR count). The van der Waals surface area contributed by atoms with E-state index in [1.807, 2.05) is 0 Å². The van der Waals surface area contributed by atoms with Crippen LogP contribution in [0, 0.1) is 0 Å². The van der Waals surface area contributed by atoms with Crippen LogP contribution in [0.25, 0.3) is 66.8 Å². The Labute approximate surface area is 253 Å². The molecular weight excluding hydrogens is 518 g/mol. The molecule has 0 aliphatic heterocycles. The molecule has 0 aromatic heterocycles. The second-order valence-electron chi connectivity index (χ2n) is 10.8. The van der Waals surface area contributed by atoms with Crippen molar-refractivity contribution in [3.63, 3.8) is 0 Å². The van der Waals surface area contributed by atoms with Crippen molar-refractivity contribution in [3.8, 4) is 66.8 Å². The minimum atomic E-state index is 0.743. The second-order valence-corrected chi connectivity index (χ2v) is 10.8. The summed E-state index contributed by atoms with van der Waals surface area (Å²) in [5.74, 6) is 0. The highest BCUT2D eigenvalue weighted by Gasteiger charge is 2.18. The van der Waals surface area contributed by atoms with E-state index in [2.05, 4.69) is 176 Å². The zero-order valence-corrected chi connectivity index (χ0v) is 23.8. The van der Waals surface area contributed by atoms with Gasteiger partial charge in [0.15, 0.2) is 0 Å². The van der Waals surface area contributed by atoms with Crippen molar-refractivity contribution in [1.29, 1.82) is 0 Å². The van der Waals surface area contributed by atoms with Gasteiger partial charge in [-0.2, -0.15) is 0 Å². The number of benzene rings is 7. The molecule has 0 atom stereocenters. The summed E-state index contributed by atoms with van der Waals surface area (Å²) < 4.78 is 0. The molecular formula is C42H31N. The minimum Gasteiger partial charge on any atom is -0.399 e. The highest BCUT2D eigenvalue weighted by molar-refractivity contribution is 6.00. The fourth-order valence-corrected chi connectivity index (χ4v) is 5.94. The van der Waals surface area contributed by atoms with Crippen molar-refractivity contribution >= 4 is 5.69 Å². The van der Waals surface area contributed by atoms with Crippen LogP contribution in [0.1, 0.15) is 0 Å². The van der Waals surface area contributed by atoms with Gasteiger partial charge in [0.05, 0.1) is 0 Å². The van der Waals surface area contributed by atoms with E-state index in [4.69, 9.17) is 5.73 Å². The van der Waals surface area contributed by atoms with Crippen molar-refractivity contribution in [2.45, 2.75) is 0 Å². The molecule has 0 saturated carbocycles. The molecule has 204 valence electrons. The fraction of sp³-hybridized carbons (Fsp3) is 0. The van der Waals surface area contributed by atoms with Crippen LogP contribution in [0.3, 0.4) is 0 Å². The van der Waals surface area contributed by atoms with Crippen LogP contribution < -0.4 is 5.73 Å². The predicted octanol–water partition coefficient (Wildman–Crippen LogP) is 11.3. The molecule has 0 radical (unpaired) electrons. The molecule has 7 aromatic rings. The molecule has 0 aliphatic carbocycles. The van der Waals surface area contributed by atoms with Gasteiger partial charge in [0.2, 0.25) is 0 Å². The first-order chi connectivity index (χ1) is 21.2. The smallest absolute Gasteiger partial charge is 0.0326 e. The summed E-state index contributed by atoms with van der Waals surface area (Å²) in [5, 5.41) is 0. The molecule has 43 heavy (non-hydrogen) atoms. The van der Waals surface area contributed by atoms with E-state index in [1.54, 1.807) is 0 Å². The molecule has 0 bridgehead atoms. The van der Waals surface area contributed by atoms with E-state index in [-0.39, 0.29) is 0 Å². The number of hydrogen-bond donors (Lipinski definition) is 1. The Morgan fingerprint density at radius 2 is 0.605 bits per heavy atom. The summed E-state index contributed by atoms with van der Waals surface area (Å²) in [6, 6.07) is 62.2. The number of rotatable bonds is 6. The Bertz CT molecular complexity index is 1970. The van der Waals surface area contributed by atoms with E-state index in [9.17, 15) is 0 Å². The van der Waals surface area contributed by atoms with Gasteiger partial charge in [0, 0.05) is 5.69 Å². The molecule has 2 N–H and O–H groups in total. The van der Waals surface area contributed by atoms with Gasteiger partial charge in [-0.25, -0.2) is 0 Å². The minimum absolute atomic E-state index is 0.743. The predicted molar refractivity (Wildman–Crippen MR) is 183 cm³/mol. The third-order valence-electron chi connectivity index (χ3n) is 8.05. The Morgan fingerprint density at radius 3 is 1.14 bits per heavy atom. The maximum atomic E-state index is 6.65. The average Bonchev–Trinajstić information content (AvgIpc) is 3.09. The molecule has 1 nitrogen and oxygen atoms in total. The quantitative estimate of drug-likeness (QED) is 0.205. The molecule has 7 aromatic carbocycles. The summed E-state index contributed by atoms with van der Waals surface area (Å²) in [7, 11) is 0. The standard InChI is InChI=1S/C42H31N/c43-37-28-40(34-16-8-3-9-17-34)42(36-26-22-33(23-27-36)31-14-6-2-7-15-31)41(29-37)39-19-11-10-18-38(39)35-24-20-32(21-25-35)30-12-4-1-5-13-30/h1-29H,43H2. The number of hydrogen-bond acceptors (Lipinski definition) is 1. The monoisotopic (exact) mass is 549 g/mol. The van der Waals surface area contributed by atoms with E-state index in [1.165, 1.54) is 38.9 Å². The van der Waals surface area contributed by atoms with Crippen LogP contribution in [-0.2, 0) is 0 Å². The molecule has 0 unspecified atom stereocenters. The van der Waals surface area contributed by atoms with Gasteiger partial charge < -0.3 is 5.73 Å². The van der Waals surface area contributed by atoms with Gasteiger partial charge in [0.1, 0.15) is 0 Å². The van der Waals surface area contributed by atoms with Crippen LogP contribution in [0.15, 0.2) is 176 Å². The van der Waals surface area contributed by atoms with E-state index >= 15 is 0 Å². The normalized spacial score (nSPS) is 10.9. The van der Waals surface area contributed by atoms with Crippen LogP contribution in [0.2, 0.25) is 0 Å². The molecule has 0 saturated heterocycles. The zero-order valence-electron chi connectivity index (χ0n) is 23.8. The van der Waals surface area contributed by atoms with Gasteiger partial charge >= 0.3 is 0 Å². The number of nitrogen functional groups attached to an aromatic ring is 1. The Morgan fingerprint density at radius 1 is 0.256 bits per heavy atom. The van der Waals surface area contributed by atoms with Gasteiger partial charge in [-0.15, -0.1) is 0 Å². The van der Waals surface area contributed by atoms with E-state index in [0.717, 1.165) is 33.5 Å². The lowest BCUT2D eigenvalue weighted by atomic mass is 9.84. The van der Waals surface area contributed by atoms with Crippen molar-refractivity contribution in [3.05, 3.63) is 176 Å². The van der Waals surface area contributed by atoms with Gasteiger partial charge in [-0.1, -0.05) is 164 Å². The SMILES string of the molecule is Nc1cc(-c2ccccc2)c(-c2ccc(-c3ccccc3)cc2)c(-c2ccccc2-c2ccc(-c3ccccc3)cc2)c1. The lowest BCUT2D eigenvalue weighted by Crippen LogP contribution is -1.96. The third-order valence-corrected chi connectivity index (χ3v) is 8.05. The Balaban J connectivity index is 1.40. The lowest BCUT2D eigenvalue weighted by molar-refractivity contribution is 1.54. The van der Waals surface area contributed by atoms with E-state index < -0.39 is 0 Å². The maximum Gasteiger partial charge on any atom is 0.0326 e. The summed E-state index contributed by atoms with van der Waals surface area (Å²) in [6.45, 7) is 0. The number of anilines is 1. The van der Waals surface area contributed by atoms with Gasteiger partial charge in [0.25, 0.3) is 0 Å². The second kappa shape index (κ2) is 11.7. The Hall–Kier alpha value is -5.66. The van der Waals surface area contributed by atoms with E-state index in [0.29, 0.717) is 0 Å². The summed E-state index contributed by atoms with van der Waals surface area (Å²) in [4.78, 5) is 0. The average molecular weight is 550 g/mol. The largest absolute Gasteiger partial charge is 0.399 e. The highest BCUT2D eigenvalue weighted by Crippen LogP contribution is 2.45. The van der Waals surface area contributed by atoms with Gasteiger partial charge in [-0.05, 0) is 78.9 Å². The molecule has 0 amide bonds. The molecule has 1 heteroatoms. The first kappa shape index (κ1) is 26.3. The highest BCUT2D eigenvalue weighted by atomic mass is 14.5. The summed E-state index contributed by atoms with van der Waals surface area (Å²) in [6.07, 6.45) is 0. The lowest BCUT2D eigenvalue weighted by Gasteiger charge is -2.20. The van der Waals surface area contributed by atoms with Crippen LogP contribution in [-0.4, -0.2) is 0 Å². The van der Waals surface area contributed by atoms with Crippen LogP contribution in [0.5, 0.6) is 0 Å². The summed E-state index contributed by atoms with van der Waals surface area (Å²) >= 11 is 0. The van der Waals surface area contributed by atoms with Crippen LogP contribution in [0.4, 0.5) is 5.69 Å². The van der Waals surface area contributed by atoms with Crippen molar-refractivity contribution in [1.82, 2.24) is 0 Å². The van der Waals surface area contributed by atoms with Crippen molar-refractivity contribution in [2.24, 2.45) is 0 Å². The topological polar surface area (TPSA) is 26.0 Å². The van der Waals surface area contributed by atoms with Crippen molar-refractivity contribution in [2.75, 3.05) is 5.73 Å². The molecule has 0 aliphatic rings. The molecule has 0 heterocycles. The van der Waals surface area contributed by atoms with Crippen molar-refractivity contribution < 1.29 is 0 Å². The number of nitrogens with two attached hydrogens (primary N) is 1. The molecule has 0 fully saturated rings.